The van der Waals surface area contributed by atoms with Crippen molar-refractivity contribution in [2.24, 2.45) is 0 Å². The van der Waals surface area contributed by atoms with Crippen molar-refractivity contribution in [3.8, 4) is 11.5 Å². The molecule has 1 atom stereocenters. The molecule has 1 aromatic heterocycles. The lowest BCUT2D eigenvalue weighted by Gasteiger charge is -2.16. The molecule has 0 spiro atoms. The van der Waals surface area contributed by atoms with Crippen LogP contribution in [0.5, 0.6) is 11.5 Å². The van der Waals surface area contributed by atoms with E-state index in [1.54, 1.807) is 29.1 Å². The Balaban J connectivity index is 2.04. The van der Waals surface area contributed by atoms with Gasteiger partial charge in [-0.1, -0.05) is 0 Å². The van der Waals surface area contributed by atoms with Crippen molar-refractivity contribution >= 4 is 17.7 Å². The number of hydrogen-bond donors (Lipinski definition) is 1. The Morgan fingerprint density at radius 1 is 1.19 bits per heavy atom. The van der Waals surface area contributed by atoms with Crippen LogP contribution in [-0.2, 0) is 9.53 Å². The van der Waals surface area contributed by atoms with Gasteiger partial charge in [0, 0.05) is 12.1 Å². The minimum Gasteiger partial charge on any atom is -0.493 e. The fourth-order valence-corrected chi connectivity index (χ4v) is 2.40. The number of anilines is 1. The van der Waals surface area contributed by atoms with E-state index in [-0.39, 0.29) is 11.6 Å². The number of hydrogen-bond acceptors (Lipinski definition) is 6. The predicted molar refractivity (Wildman–Crippen MR) is 100 cm³/mol. The normalized spacial score (nSPS) is 11.8. The number of methoxy groups -OCH3 is 1. The second-order valence-corrected chi connectivity index (χ2v) is 6.09. The van der Waals surface area contributed by atoms with E-state index in [2.05, 4.69) is 10.4 Å². The van der Waals surface area contributed by atoms with Crippen molar-refractivity contribution in [2.75, 3.05) is 19.0 Å². The van der Waals surface area contributed by atoms with Gasteiger partial charge in [-0.3, -0.25) is 4.79 Å². The third-order valence-electron chi connectivity index (χ3n) is 3.76. The highest BCUT2D eigenvalue weighted by atomic mass is 16.5. The number of nitrogens with one attached hydrogen (secondary N) is 1. The lowest BCUT2D eigenvalue weighted by Crippen LogP contribution is -2.31. The average molecular weight is 375 g/mol. The molecule has 0 saturated heterocycles. The molecule has 2 aromatic rings. The van der Waals surface area contributed by atoms with Gasteiger partial charge in [0.1, 0.15) is 5.82 Å². The number of aromatic nitrogens is 2. The van der Waals surface area contributed by atoms with E-state index in [1.807, 2.05) is 20.8 Å². The van der Waals surface area contributed by atoms with Gasteiger partial charge in [-0.25, -0.2) is 9.48 Å². The maximum absolute atomic E-state index is 12.4. The topological polar surface area (TPSA) is 91.7 Å². The molecule has 0 radical (unpaired) electrons. The zero-order chi connectivity index (χ0) is 20.0. The van der Waals surface area contributed by atoms with Crippen molar-refractivity contribution < 1.29 is 23.8 Å². The summed E-state index contributed by atoms with van der Waals surface area (Å²) in [6.45, 7) is 7.74. The van der Waals surface area contributed by atoms with E-state index >= 15 is 0 Å². The molecule has 0 unspecified atom stereocenters. The molecule has 1 heterocycles. The van der Waals surface area contributed by atoms with Gasteiger partial charge < -0.3 is 19.5 Å². The van der Waals surface area contributed by atoms with Crippen LogP contribution >= 0.6 is 0 Å². The molecule has 2 rings (SSSR count). The molecular weight excluding hydrogens is 350 g/mol. The highest BCUT2D eigenvalue weighted by Gasteiger charge is 2.21. The third kappa shape index (κ3) is 4.99. The number of rotatable bonds is 8. The Morgan fingerprint density at radius 2 is 1.93 bits per heavy atom. The molecule has 1 aromatic carbocycles. The van der Waals surface area contributed by atoms with Gasteiger partial charge in [0.25, 0.3) is 5.91 Å². The quantitative estimate of drug-likeness (QED) is 0.713. The summed E-state index contributed by atoms with van der Waals surface area (Å²) in [5.41, 5.74) is 0.266. The Labute approximate surface area is 158 Å². The fraction of sp³-hybridized carbons (Fsp3) is 0.421. The number of benzene rings is 1. The molecule has 0 bridgehead atoms. The maximum Gasteiger partial charge on any atom is 0.339 e. The summed E-state index contributed by atoms with van der Waals surface area (Å²) in [5, 5.41) is 6.86. The molecule has 8 heteroatoms. The van der Waals surface area contributed by atoms with Crippen molar-refractivity contribution in [3.05, 3.63) is 36.0 Å². The number of nitrogens with zero attached hydrogens (tertiary/aromatic N) is 2. The van der Waals surface area contributed by atoms with E-state index in [1.165, 1.54) is 20.1 Å². The van der Waals surface area contributed by atoms with Gasteiger partial charge in [0.15, 0.2) is 17.6 Å². The van der Waals surface area contributed by atoms with Crippen LogP contribution in [0.4, 0.5) is 5.82 Å². The van der Waals surface area contributed by atoms with Gasteiger partial charge in [-0.2, -0.15) is 5.10 Å². The molecular formula is C19H25N3O5. The lowest BCUT2D eigenvalue weighted by molar-refractivity contribution is -0.123. The van der Waals surface area contributed by atoms with E-state index < -0.39 is 18.0 Å². The van der Waals surface area contributed by atoms with Crippen LogP contribution in [0, 0.1) is 0 Å². The van der Waals surface area contributed by atoms with Gasteiger partial charge in [-0.05, 0) is 45.9 Å². The van der Waals surface area contributed by atoms with Crippen molar-refractivity contribution in [2.45, 2.75) is 39.8 Å². The monoisotopic (exact) mass is 375 g/mol. The molecule has 8 nitrogen and oxygen atoms in total. The summed E-state index contributed by atoms with van der Waals surface area (Å²) >= 11 is 0. The molecule has 146 valence electrons. The Morgan fingerprint density at radius 3 is 2.56 bits per heavy atom. The highest BCUT2D eigenvalue weighted by Crippen LogP contribution is 2.28. The molecule has 0 saturated carbocycles. The lowest BCUT2D eigenvalue weighted by atomic mass is 10.2. The van der Waals surface area contributed by atoms with Crippen molar-refractivity contribution in [1.29, 1.82) is 0 Å². The summed E-state index contributed by atoms with van der Waals surface area (Å²) in [6, 6.07) is 6.49. The zero-order valence-electron chi connectivity index (χ0n) is 16.2. The van der Waals surface area contributed by atoms with Gasteiger partial charge in [0.05, 0.1) is 25.5 Å². The standard InChI is InChI=1S/C19H25N3O5/c1-6-26-15-8-7-14(11-16(15)25-5)19(24)27-13(4)18(23)21-17-9-10-20-22(17)12(2)3/h7-13H,6H2,1-5H3,(H,21,23)/t13-/m0/s1. The van der Waals surface area contributed by atoms with E-state index in [0.29, 0.717) is 23.9 Å². The maximum atomic E-state index is 12.4. The first-order valence-electron chi connectivity index (χ1n) is 8.73. The van der Waals surface area contributed by atoms with Crippen LogP contribution in [0.25, 0.3) is 0 Å². The van der Waals surface area contributed by atoms with Crippen LogP contribution < -0.4 is 14.8 Å². The minimum absolute atomic E-state index is 0.0875. The second kappa shape index (κ2) is 9.07. The summed E-state index contributed by atoms with van der Waals surface area (Å²) in [4.78, 5) is 24.7. The molecule has 27 heavy (non-hydrogen) atoms. The number of esters is 1. The Hall–Kier alpha value is -3.03. The molecule has 0 fully saturated rings. The first-order chi connectivity index (χ1) is 12.9. The van der Waals surface area contributed by atoms with Crippen molar-refractivity contribution in [1.82, 2.24) is 9.78 Å². The summed E-state index contributed by atoms with van der Waals surface area (Å²) in [6.07, 6.45) is 0.615. The van der Waals surface area contributed by atoms with Crippen LogP contribution in [0.2, 0.25) is 0 Å². The SMILES string of the molecule is CCOc1ccc(C(=O)O[C@@H](C)C(=O)Nc2ccnn2C(C)C)cc1OC. The van der Waals surface area contributed by atoms with Crippen LogP contribution in [-0.4, -0.2) is 41.5 Å². The van der Waals surface area contributed by atoms with E-state index in [4.69, 9.17) is 14.2 Å². The average Bonchev–Trinajstić information content (AvgIpc) is 3.10. The first-order valence-corrected chi connectivity index (χ1v) is 8.73. The second-order valence-electron chi connectivity index (χ2n) is 6.09. The zero-order valence-corrected chi connectivity index (χ0v) is 16.2. The number of amides is 1. The molecule has 1 N–H and O–H groups in total. The molecule has 1 amide bonds. The molecule has 0 aliphatic carbocycles. The Kier molecular flexibility index (Phi) is 6.81. The summed E-state index contributed by atoms with van der Waals surface area (Å²) < 4.78 is 17.6. The van der Waals surface area contributed by atoms with Gasteiger partial charge in [0.2, 0.25) is 0 Å². The van der Waals surface area contributed by atoms with E-state index in [0.717, 1.165) is 0 Å². The fourth-order valence-electron chi connectivity index (χ4n) is 2.40. The number of carbonyl (C=O) groups excluding carboxylic acids is 2. The van der Waals surface area contributed by atoms with Gasteiger partial charge >= 0.3 is 5.97 Å². The summed E-state index contributed by atoms with van der Waals surface area (Å²) in [5.74, 6) is 0.425. The minimum atomic E-state index is -0.981. The van der Waals surface area contributed by atoms with E-state index in [9.17, 15) is 9.59 Å². The largest absolute Gasteiger partial charge is 0.493 e. The smallest absolute Gasteiger partial charge is 0.339 e. The number of carbonyl (C=O) groups is 2. The first kappa shape index (κ1) is 20.3. The Bertz CT molecular complexity index is 800. The predicted octanol–water partition coefficient (Wildman–Crippen LogP) is 3.06. The highest BCUT2D eigenvalue weighted by molar-refractivity contribution is 5.97. The number of ether oxygens (including phenoxy) is 3. The van der Waals surface area contributed by atoms with Crippen LogP contribution in [0.1, 0.15) is 44.1 Å². The molecule has 0 aliphatic rings. The third-order valence-corrected chi connectivity index (χ3v) is 3.76. The van der Waals surface area contributed by atoms with Gasteiger partial charge in [-0.15, -0.1) is 0 Å². The summed E-state index contributed by atoms with van der Waals surface area (Å²) in [7, 11) is 1.49. The van der Waals surface area contributed by atoms with Crippen LogP contribution in [0.15, 0.2) is 30.5 Å². The van der Waals surface area contributed by atoms with Crippen molar-refractivity contribution in [3.63, 3.8) is 0 Å². The molecule has 0 aliphatic heterocycles. The van der Waals surface area contributed by atoms with Crippen LogP contribution in [0.3, 0.4) is 0 Å².